The van der Waals surface area contributed by atoms with Gasteiger partial charge in [-0.2, -0.15) is 0 Å². The number of benzene rings is 2. The van der Waals surface area contributed by atoms with Gasteiger partial charge in [-0.25, -0.2) is 4.39 Å². The van der Waals surface area contributed by atoms with Crippen molar-refractivity contribution in [2.75, 3.05) is 39.3 Å². The third-order valence-electron chi connectivity index (χ3n) is 4.08. The topological polar surface area (TPSA) is 77.1 Å². The molecule has 0 radical (unpaired) electrons. The molecule has 7 nitrogen and oxygen atoms in total. The normalized spacial score (nSPS) is 10.2. The van der Waals surface area contributed by atoms with Crippen molar-refractivity contribution in [1.29, 1.82) is 0 Å². The van der Waals surface area contributed by atoms with E-state index >= 15 is 0 Å². The minimum absolute atomic E-state index is 0.0512. The predicted molar refractivity (Wildman–Crippen MR) is 103 cm³/mol. The molecule has 150 valence electrons. The molecule has 1 N–H and O–H groups in total. The lowest BCUT2D eigenvalue weighted by Gasteiger charge is -2.23. The number of ether oxygens (including phenoxy) is 3. The molecule has 0 fully saturated rings. The fourth-order valence-electron chi connectivity index (χ4n) is 2.71. The van der Waals surface area contributed by atoms with E-state index in [0.29, 0.717) is 22.9 Å². The number of carbonyl (C=O) groups excluding carboxylic acids is 2. The molecule has 0 aliphatic heterocycles. The van der Waals surface area contributed by atoms with E-state index in [4.69, 9.17) is 14.2 Å². The molecule has 2 rings (SSSR count). The Hall–Kier alpha value is -3.29. The maximum Gasteiger partial charge on any atom is 0.254 e. The van der Waals surface area contributed by atoms with E-state index in [1.807, 2.05) is 0 Å². The zero-order chi connectivity index (χ0) is 20.7. The largest absolute Gasteiger partial charge is 0.493 e. The Morgan fingerprint density at radius 2 is 1.64 bits per heavy atom. The summed E-state index contributed by atoms with van der Waals surface area (Å²) in [5.74, 6) is -0.184. The first-order valence-electron chi connectivity index (χ1n) is 8.53. The maximum absolute atomic E-state index is 13.7. The molecule has 0 aromatic heterocycles. The lowest BCUT2D eigenvalue weighted by molar-refractivity contribution is -0.116. The Bertz CT molecular complexity index is 831. The van der Waals surface area contributed by atoms with Crippen LogP contribution in [0.15, 0.2) is 36.4 Å². The molecule has 0 spiro atoms. The lowest BCUT2D eigenvalue weighted by atomic mass is 10.2. The highest BCUT2D eigenvalue weighted by Crippen LogP contribution is 2.41. The van der Waals surface area contributed by atoms with Crippen LogP contribution in [-0.4, -0.2) is 46.2 Å². The average molecular weight is 390 g/mol. The van der Waals surface area contributed by atoms with Gasteiger partial charge in [0, 0.05) is 32.1 Å². The number of hydrogen-bond donors (Lipinski definition) is 1. The van der Waals surface area contributed by atoms with Crippen LogP contribution in [0.1, 0.15) is 17.3 Å². The number of carbonyl (C=O) groups is 2. The Morgan fingerprint density at radius 3 is 2.14 bits per heavy atom. The van der Waals surface area contributed by atoms with Crippen LogP contribution in [0, 0.1) is 5.82 Å². The minimum atomic E-state index is -0.604. The summed E-state index contributed by atoms with van der Waals surface area (Å²) >= 11 is 0. The smallest absolute Gasteiger partial charge is 0.254 e. The number of nitrogens with one attached hydrogen (secondary N) is 1. The summed E-state index contributed by atoms with van der Waals surface area (Å²) < 4.78 is 29.6. The third kappa shape index (κ3) is 4.70. The standard InChI is InChI=1S/C20H23FN2O5/c1-13(24)23(10-9-22-20(25)15-7-5-6-8-16(15)21)14-11-17(26-2)19(28-4)18(12-14)27-3/h5-8,11-12H,9-10H2,1-4H3,(H,22,25). The number of halogens is 1. The van der Waals surface area contributed by atoms with E-state index in [1.165, 1.54) is 51.4 Å². The van der Waals surface area contributed by atoms with E-state index in [2.05, 4.69) is 5.32 Å². The van der Waals surface area contributed by atoms with Crippen molar-refractivity contribution >= 4 is 17.5 Å². The molecule has 0 saturated carbocycles. The summed E-state index contributed by atoms with van der Waals surface area (Å²) in [5, 5.41) is 2.61. The summed E-state index contributed by atoms with van der Waals surface area (Å²) in [6, 6.07) is 8.98. The van der Waals surface area contributed by atoms with Gasteiger partial charge in [0.2, 0.25) is 11.7 Å². The van der Waals surface area contributed by atoms with Crippen LogP contribution in [0.25, 0.3) is 0 Å². The van der Waals surface area contributed by atoms with Crippen molar-refractivity contribution in [3.63, 3.8) is 0 Å². The molecule has 28 heavy (non-hydrogen) atoms. The van der Waals surface area contributed by atoms with Gasteiger partial charge in [0.05, 0.1) is 32.6 Å². The zero-order valence-corrected chi connectivity index (χ0v) is 16.2. The van der Waals surface area contributed by atoms with E-state index in [-0.39, 0.29) is 24.6 Å². The summed E-state index contributed by atoms with van der Waals surface area (Å²) in [4.78, 5) is 25.7. The van der Waals surface area contributed by atoms with Gasteiger partial charge in [-0.15, -0.1) is 0 Å². The van der Waals surface area contributed by atoms with Crippen molar-refractivity contribution in [2.45, 2.75) is 6.92 Å². The number of rotatable bonds is 8. The highest BCUT2D eigenvalue weighted by atomic mass is 19.1. The molecule has 0 bridgehead atoms. The SMILES string of the molecule is COc1cc(N(CCNC(=O)c2ccccc2F)C(C)=O)cc(OC)c1OC. The van der Waals surface area contributed by atoms with Gasteiger partial charge in [-0.3, -0.25) is 9.59 Å². The van der Waals surface area contributed by atoms with E-state index in [1.54, 1.807) is 18.2 Å². The third-order valence-corrected chi connectivity index (χ3v) is 4.08. The average Bonchev–Trinajstić information content (AvgIpc) is 2.69. The van der Waals surface area contributed by atoms with Crippen LogP contribution in [0.2, 0.25) is 0 Å². The zero-order valence-electron chi connectivity index (χ0n) is 16.2. The van der Waals surface area contributed by atoms with Gasteiger partial charge in [0.1, 0.15) is 5.82 Å². The molecule has 0 unspecified atom stereocenters. The van der Waals surface area contributed by atoms with Gasteiger partial charge in [-0.1, -0.05) is 12.1 Å². The molecule has 0 saturated heterocycles. The van der Waals surface area contributed by atoms with Gasteiger partial charge in [0.15, 0.2) is 11.5 Å². The molecule has 2 aromatic rings. The minimum Gasteiger partial charge on any atom is -0.493 e. The van der Waals surface area contributed by atoms with E-state index in [9.17, 15) is 14.0 Å². The van der Waals surface area contributed by atoms with Crippen LogP contribution in [-0.2, 0) is 4.79 Å². The quantitative estimate of drug-likeness (QED) is 0.750. The Kier molecular flexibility index (Phi) is 7.20. The number of methoxy groups -OCH3 is 3. The van der Waals surface area contributed by atoms with Crippen molar-refractivity contribution in [2.24, 2.45) is 0 Å². The molecular weight excluding hydrogens is 367 g/mol. The van der Waals surface area contributed by atoms with E-state index < -0.39 is 11.7 Å². The van der Waals surface area contributed by atoms with Crippen molar-refractivity contribution in [3.05, 3.63) is 47.8 Å². The number of nitrogens with zero attached hydrogens (tertiary/aromatic N) is 1. The number of hydrogen-bond acceptors (Lipinski definition) is 5. The van der Waals surface area contributed by atoms with Crippen LogP contribution < -0.4 is 24.4 Å². The van der Waals surface area contributed by atoms with Crippen LogP contribution >= 0.6 is 0 Å². The Labute approximate surface area is 163 Å². The van der Waals surface area contributed by atoms with Gasteiger partial charge in [-0.05, 0) is 12.1 Å². The van der Waals surface area contributed by atoms with Crippen LogP contribution in [0.5, 0.6) is 17.2 Å². The fourth-order valence-corrected chi connectivity index (χ4v) is 2.71. The second-order valence-corrected chi connectivity index (χ2v) is 5.79. The Morgan fingerprint density at radius 1 is 1.04 bits per heavy atom. The van der Waals surface area contributed by atoms with Crippen molar-refractivity contribution in [3.8, 4) is 17.2 Å². The molecule has 0 heterocycles. The molecule has 8 heteroatoms. The highest BCUT2D eigenvalue weighted by Gasteiger charge is 2.19. The maximum atomic E-state index is 13.7. The van der Waals surface area contributed by atoms with Crippen molar-refractivity contribution in [1.82, 2.24) is 5.32 Å². The first-order chi connectivity index (χ1) is 13.4. The van der Waals surface area contributed by atoms with Gasteiger partial charge >= 0.3 is 0 Å². The van der Waals surface area contributed by atoms with Crippen molar-refractivity contribution < 1.29 is 28.2 Å². The molecule has 0 aliphatic carbocycles. The first-order valence-corrected chi connectivity index (χ1v) is 8.53. The molecule has 0 atom stereocenters. The predicted octanol–water partition coefficient (Wildman–Crippen LogP) is 2.63. The summed E-state index contributed by atoms with van der Waals surface area (Å²) in [5.41, 5.74) is 0.465. The number of anilines is 1. The lowest BCUT2D eigenvalue weighted by Crippen LogP contribution is -2.37. The molecule has 2 aromatic carbocycles. The van der Waals surface area contributed by atoms with Crippen LogP contribution in [0.4, 0.5) is 10.1 Å². The van der Waals surface area contributed by atoms with E-state index in [0.717, 1.165) is 0 Å². The van der Waals surface area contributed by atoms with Gasteiger partial charge < -0.3 is 24.4 Å². The molecular formula is C20H23FN2O5. The fraction of sp³-hybridized carbons (Fsp3) is 0.300. The molecule has 0 aliphatic rings. The Balaban J connectivity index is 2.17. The monoisotopic (exact) mass is 390 g/mol. The summed E-state index contributed by atoms with van der Waals surface area (Å²) in [7, 11) is 4.45. The number of amides is 2. The highest BCUT2D eigenvalue weighted by molar-refractivity contribution is 5.95. The molecule has 2 amide bonds. The second kappa shape index (κ2) is 9.59. The van der Waals surface area contributed by atoms with Crippen LogP contribution in [0.3, 0.4) is 0 Å². The first kappa shape index (κ1) is 21.0. The summed E-state index contributed by atoms with van der Waals surface area (Å²) in [6.07, 6.45) is 0. The van der Waals surface area contributed by atoms with Gasteiger partial charge in [0.25, 0.3) is 5.91 Å². The second-order valence-electron chi connectivity index (χ2n) is 5.79. The summed E-state index contributed by atoms with van der Waals surface area (Å²) in [6.45, 7) is 1.71.